The van der Waals surface area contributed by atoms with E-state index in [9.17, 15) is 0 Å². The molecule has 1 aliphatic rings. The number of hydrogen-bond donors (Lipinski definition) is 0. The van der Waals surface area contributed by atoms with Gasteiger partial charge in [0.25, 0.3) is 0 Å². The molecule has 0 fully saturated rings. The maximum atomic E-state index is 4.97. The Morgan fingerprint density at radius 1 is 1.29 bits per heavy atom. The van der Waals surface area contributed by atoms with Gasteiger partial charge in [0.1, 0.15) is 5.01 Å². The average Bonchev–Trinajstić information content (AvgIpc) is 2.97. The van der Waals surface area contributed by atoms with Gasteiger partial charge in [0.05, 0.1) is 5.69 Å². The van der Waals surface area contributed by atoms with E-state index in [0.29, 0.717) is 5.92 Å². The fraction of sp³-hybridized carbons (Fsp3) is 0.333. The molecule has 126 valence electrons. The van der Waals surface area contributed by atoms with Gasteiger partial charge < -0.3 is 0 Å². The lowest BCUT2D eigenvalue weighted by molar-refractivity contribution is 0.650. The Labute approximate surface area is 149 Å². The third kappa shape index (κ3) is 4.09. The van der Waals surface area contributed by atoms with E-state index in [-0.39, 0.29) is 0 Å². The molecule has 0 bridgehead atoms. The zero-order chi connectivity index (χ0) is 17.4. The van der Waals surface area contributed by atoms with E-state index in [4.69, 9.17) is 4.98 Å². The van der Waals surface area contributed by atoms with Crippen molar-refractivity contribution in [1.29, 1.82) is 0 Å². The molecule has 0 saturated heterocycles. The van der Waals surface area contributed by atoms with Gasteiger partial charge in [0.15, 0.2) is 0 Å². The van der Waals surface area contributed by atoms with Crippen LogP contribution in [0.2, 0.25) is 0 Å². The fourth-order valence-electron chi connectivity index (χ4n) is 2.99. The van der Waals surface area contributed by atoms with Gasteiger partial charge in [-0.3, -0.25) is 4.98 Å². The molecule has 0 N–H and O–H groups in total. The number of rotatable bonds is 4. The summed E-state index contributed by atoms with van der Waals surface area (Å²) in [5, 5.41) is 1.08. The number of aryl methyl sites for hydroxylation is 1. The number of pyridine rings is 1. The molecule has 2 aromatic heterocycles. The monoisotopic (exact) mass is 338 g/mol. The number of hydrogen-bond acceptors (Lipinski definition) is 3. The molecule has 1 aliphatic carbocycles. The molecule has 3 rings (SSSR count). The number of aromatic nitrogens is 2. The molecule has 24 heavy (non-hydrogen) atoms. The van der Waals surface area contributed by atoms with Crippen molar-refractivity contribution in [2.45, 2.75) is 45.4 Å². The molecular weight excluding hydrogens is 312 g/mol. The lowest BCUT2D eigenvalue weighted by Crippen LogP contribution is -2.02. The van der Waals surface area contributed by atoms with Gasteiger partial charge in [-0.25, -0.2) is 4.98 Å². The van der Waals surface area contributed by atoms with Crippen molar-refractivity contribution < 1.29 is 0 Å². The van der Waals surface area contributed by atoms with Crippen molar-refractivity contribution in [1.82, 2.24) is 9.97 Å². The second-order valence-electron chi connectivity index (χ2n) is 5.47. The maximum absolute atomic E-state index is 4.97. The zero-order valence-corrected chi connectivity index (χ0v) is 15.5. The summed E-state index contributed by atoms with van der Waals surface area (Å²) in [6.45, 7) is 11.8. The van der Waals surface area contributed by atoms with E-state index in [2.05, 4.69) is 30.3 Å². The van der Waals surface area contributed by atoms with Gasteiger partial charge in [0, 0.05) is 28.8 Å². The standard InChI is InChI=1S/C19H20N2S.C2H6/c1-3-8-14(4-2)16-10-5-6-11-17-18(16)21-19(22-17)15-9-7-12-20-13-15;1-2/h3-4,7-9,12-13,16H,1-2,5-6,10-11H2;1-2H3/b14-8+;. The minimum absolute atomic E-state index is 0.342. The SMILES string of the molecule is C=C/C=C(\C=C)C1CCCCc2sc(-c3cccnc3)nc21.CC. The van der Waals surface area contributed by atoms with E-state index >= 15 is 0 Å². The van der Waals surface area contributed by atoms with Crippen LogP contribution >= 0.6 is 11.3 Å². The second-order valence-corrected chi connectivity index (χ2v) is 6.56. The topological polar surface area (TPSA) is 25.8 Å². The first-order valence-electron chi connectivity index (χ1n) is 8.68. The Morgan fingerprint density at radius 2 is 2.12 bits per heavy atom. The van der Waals surface area contributed by atoms with E-state index in [1.165, 1.54) is 29.0 Å². The van der Waals surface area contributed by atoms with Crippen LogP contribution in [0.5, 0.6) is 0 Å². The average molecular weight is 339 g/mol. The van der Waals surface area contributed by atoms with Crippen molar-refractivity contribution in [3.05, 3.63) is 72.1 Å². The molecule has 3 heteroatoms. The van der Waals surface area contributed by atoms with Crippen LogP contribution in [0, 0.1) is 0 Å². The van der Waals surface area contributed by atoms with Crippen molar-refractivity contribution in [2.24, 2.45) is 0 Å². The van der Waals surface area contributed by atoms with Crippen molar-refractivity contribution in [2.75, 3.05) is 0 Å². The number of nitrogens with zero attached hydrogens (tertiary/aromatic N) is 2. The smallest absolute Gasteiger partial charge is 0.125 e. The summed E-state index contributed by atoms with van der Waals surface area (Å²) in [6, 6.07) is 4.04. The summed E-state index contributed by atoms with van der Waals surface area (Å²) in [5.74, 6) is 0.342. The maximum Gasteiger partial charge on any atom is 0.125 e. The molecule has 1 unspecified atom stereocenters. The fourth-order valence-corrected chi connectivity index (χ4v) is 4.14. The van der Waals surface area contributed by atoms with Gasteiger partial charge >= 0.3 is 0 Å². The van der Waals surface area contributed by atoms with Crippen LogP contribution in [0.4, 0.5) is 0 Å². The highest BCUT2D eigenvalue weighted by molar-refractivity contribution is 7.15. The van der Waals surface area contributed by atoms with E-state index in [1.54, 1.807) is 6.20 Å². The molecule has 2 nitrogen and oxygen atoms in total. The molecule has 1 atom stereocenters. The van der Waals surface area contributed by atoms with Gasteiger partial charge in [-0.05, 0) is 37.0 Å². The normalized spacial score (nSPS) is 17.1. The van der Waals surface area contributed by atoms with Gasteiger partial charge in [-0.1, -0.05) is 51.7 Å². The molecule has 0 saturated carbocycles. The Morgan fingerprint density at radius 3 is 2.79 bits per heavy atom. The molecule has 0 radical (unpaired) electrons. The summed E-state index contributed by atoms with van der Waals surface area (Å²) >= 11 is 1.81. The summed E-state index contributed by atoms with van der Waals surface area (Å²) in [4.78, 5) is 10.6. The summed E-state index contributed by atoms with van der Waals surface area (Å²) in [7, 11) is 0. The summed E-state index contributed by atoms with van der Waals surface area (Å²) in [6.07, 6.45) is 14.3. The molecular formula is C21H26N2S. The van der Waals surface area contributed by atoms with Crippen molar-refractivity contribution in [3.8, 4) is 10.6 Å². The van der Waals surface area contributed by atoms with Crippen LogP contribution in [0.3, 0.4) is 0 Å². The highest BCUT2D eigenvalue weighted by Crippen LogP contribution is 2.40. The quantitative estimate of drug-likeness (QED) is 0.480. The zero-order valence-electron chi connectivity index (χ0n) is 14.7. The van der Waals surface area contributed by atoms with E-state index < -0.39 is 0 Å². The highest BCUT2D eigenvalue weighted by atomic mass is 32.1. The Kier molecular flexibility index (Phi) is 7.13. The highest BCUT2D eigenvalue weighted by Gasteiger charge is 2.25. The third-order valence-electron chi connectivity index (χ3n) is 4.06. The first-order valence-corrected chi connectivity index (χ1v) is 9.50. The lowest BCUT2D eigenvalue weighted by Gasteiger charge is -2.15. The van der Waals surface area contributed by atoms with Crippen LogP contribution in [-0.4, -0.2) is 9.97 Å². The lowest BCUT2D eigenvalue weighted by atomic mass is 9.91. The molecule has 0 aromatic carbocycles. The van der Waals surface area contributed by atoms with Gasteiger partial charge in [0.2, 0.25) is 0 Å². The largest absolute Gasteiger partial charge is 0.264 e. The summed E-state index contributed by atoms with van der Waals surface area (Å²) in [5.41, 5.74) is 3.56. The van der Waals surface area contributed by atoms with Crippen molar-refractivity contribution in [3.63, 3.8) is 0 Å². The number of thiazole rings is 1. The molecule has 2 heterocycles. The molecule has 0 spiro atoms. The third-order valence-corrected chi connectivity index (χ3v) is 5.24. The first kappa shape index (κ1) is 18.3. The van der Waals surface area contributed by atoms with Crippen LogP contribution in [0.1, 0.15) is 49.6 Å². The van der Waals surface area contributed by atoms with Gasteiger partial charge in [-0.15, -0.1) is 11.3 Å². The molecule has 2 aromatic rings. The van der Waals surface area contributed by atoms with E-state index in [1.807, 2.05) is 49.6 Å². The Hall–Kier alpha value is -2.00. The first-order chi connectivity index (χ1) is 11.8. The summed E-state index contributed by atoms with van der Waals surface area (Å²) < 4.78 is 0. The van der Waals surface area contributed by atoms with Gasteiger partial charge in [-0.2, -0.15) is 0 Å². The number of allylic oxidation sites excluding steroid dienone is 4. The minimum Gasteiger partial charge on any atom is -0.264 e. The second kappa shape index (κ2) is 9.33. The minimum atomic E-state index is 0.342. The Balaban J connectivity index is 0.00000100. The van der Waals surface area contributed by atoms with Crippen LogP contribution < -0.4 is 0 Å². The molecule has 0 aliphatic heterocycles. The van der Waals surface area contributed by atoms with Crippen LogP contribution in [0.15, 0.2) is 61.5 Å². The van der Waals surface area contributed by atoms with Crippen LogP contribution in [-0.2, 0) is 6.42 Å². The molecule has 0 amide bonds. The van der Waals surface area contributed by atoms with Crippen molar-refractivity contribution >= 4 is 11.3 Å². The van der Waals surface area contributed by atoms with E-state index in [0.717, 1.165) is 23.4 Å². The predicted octanol–water partition coefficient (Wildman–Crippen LogP) is 6.34. The Bertz CT molecular complexity index is 698. The predicted molar refractivity (Wildman–Crippen MR) is 105 cm³/mol. The number of fused-ring (bicyclic) bond motifs is 1. The van der Waals surface area contributed by atoms with Crippen LogP contribution in [0.25, 0.3) is 10.6 Å².